The number of allylic oxidation sites excluding steroid dienone is 1. The molecule has 3 nitrogen and oxygen atoms in total. The molecule has 0 N–H and O–H groups in total. The Morgan fingerprint density at radius 2 is 1.30 bits per heavy atom. The lowest BCUT2D eigenvalue weighted by atomic mass is 9.70. The number of hydrogen-bond acceptors (Lipinski definition) is 3. The molecule has 0 unspecified atom stereocenters. The van der Waals surface area contributed by atoms with Gasteiger partial charge in [0.05, 0.1) is 5.41 Å². The molecule has 0 bridgehead atoms. The second kappa shape index (κ2) is 9.20. The number of hydrogen-bond donors (Lipinski definition) is 0. The molecule has 0 aliphatic rings. The lowest BCUT2D eigenvalue weighted by molar-refractivity contribution is -0.136. The van der Waals surface area contributed by atoms with Gasteiger partial charge in [0, 0.05) is 30.3 Å². The fourth-order valence-electron chi connectivity index (χ4n) is 2.94. The van der Waals surface area contributed by atoms with Gasteiger partial charge in [0.2, 0.25) is 0 Å². The third-order valence-electron chi connectivity index (χ3n) is 4.51. The Hall–Kier alpha value is -2.10. The van der Waals surface area contributed by atoms with Gasteiger partial charge in [-0.2, -0.15) is 0 Å². The van der Waals surface area contributed by atoms with Gasteiger partial charge in [-0.05, 0) is 61.2 Å². The zero-order valence-electron chi connectivity index (χ0n) is 15.7. The Kier molecular flexibility index (Phi) is 7.23. The summed E-state index contributed by atoms with van der Waals surface area (Å²) in [6, 6.07) is 14.5. The van der Waals surface area contributed by atoms with Crippen molar-refractivity contribution in [2.45, 2.75) is 19.8 Å². The van der Waals surface area contributed by atoms with Gasteiger partial charge in [0.15, 0.2) is 5.78 Å². The minimum absolute atomic E-state index is 0.166. The van der Waals surface area contributed by atoms with E-state index in [1.807, 2.05) is 38.4 Å². The average molecular weight is 404 g/mol. The van der Waals surface area contributed by atoms with Crippen molar-refractivity contribution in [3.8, 4) is 0 Å². The molecule has 0 fully saturated rings. The molecule has 0 aliphatic heterocycles. The van der Waals surface area contributed by atoms with Crippen LogP contribution in [-0.2, 0) is 22.4 Å². The van der Waals surface area contributed by atoms with Crippen molar-refractivity contribution in [1.29, 1.82) is 0 Å². The average Bonchev–Trinajstić information content (AvgIpc) is 2.62. The summed E-state index contributed by atoms with van der Waals surface area (Å²) in [4.78, 5) is 27.7. The highest BCUT2D eigenvalue weighted by molar-refractivity contribution is 6.30. The summed E-state index contributed by atoms with van der Waals surface area (Å²) in [6.07, 6.45) is 3.76. The number of carbonyl (C=O) groups is 2. The van der Waals surface area contributed by atoms with Gasteiger partial charge in [0.1, 0.15) is 5.78 Å². The molecule has 0 saturated heterocycles. The van der Waals surface area contributed by atoms with Crippen LogP contribution in [0, 0.1) is 5.41 Å². The molecule has 0 aromatic heterocycles. The Bertz CT molecular complexity index is 777. The highest BCUT2D eigenvalue weighted by Gasteiger charge is 2.41. The van der Waals surface area contributed by atoms with E-state index in [4.69, 9.17) is 23.2 Å². The molecule has 0 radical (unpaired) electrons. The van der Waals surface area contributed by atoms with Crippen LogP contribution in [0.3, 0.4) is 0 Å². The normalized spacial score (nSPS) is 11.6. The largest absolute Gasteiger partial charge is 0.383 e. The van der Waals surface area contributed by atoms with E-state index in [-0.39, 0.29) is 11.6 Å². The zero-order chi connectivity index (χ0) is 20.0. The number of rotatable bonds is 8. The highest BCUT2D eigenvalue weighted by Crippen LogP contribution is 2.32. The van der Waals surface area contributed by atoms with Gasteiger partial charge < -0.3 is 4.90 Å². The molecule has 0 heterocycles. The van der Waals surface area contributed by atoms with E-state index >= 15 is 0 Å². The Balaban J connectivity index is 2.47. The van der Waals surface area contributed by atoms with Crippen LogP contribution >= 0.6 is 23.2 Å². The zero-order valence-corrected chi connectivity index (χ0v) is 17.2. The van der Waals surface area contributed by atoms with Crippen molar-refractivity contribution in [3.05, 3.63) is 82.0 Å². The van der Waals surface area contributed by atoms with Crippen LogP contribution < -0.4 is 0 Å². The first kappa shape index (κ1) is 21.2. The number of nitrogens with zero attached hydrogens (tertiary/aromatic N) is 1. The Morgan fingerprint density at radius 3 is 1.63 bits per heavy atom. The first-order chi connectivity index (χ1) is 12.7. The van der Waals surface area contributed by atoms with Crippen molar-refractivity contribution in [3.63, 3.8) is 0 Å². The summed E-state index contributed by atoms with van der Waals surface area (Å²) < 4.78 is 0. The third kappa shape index (κ3) is 5.69. The number of Topliss-reactive ketones (excluding diaryl/α,β-unsaturated/α-hetero) is 1. The van der Waals surface area contributed by atoms with E-state index in [9.17, 15) is 9.59 Å². The Morgan fingerprint density at radius 1 is 0.889 bits per heavy atom. The molecule has 142 valence electrons. The lowest BCUT2D eigenvalue weighted by Gasteiger charge is -2.29. The lowest BCUT2D eigenvalue weighted by Crippen LogP contribution is -2.41. The van der Waals surface area contributed by atoms with E-state index in [0.717, 1.165) is 11.1 Å². The maximum absolute atomic E-state index is 13.2. The first-order valence-corrected chi connectivity index (χ1v) is 9.37. The predicted molar refractivity (Wildman–Crippen MR) is 111 cm³/mol. The summed E-state index contributed by atoms with van der Waals surface area (Å²) in [6.45, 7) is 1.48. The maximum Gasteiger partial charge on any atom is 0.171 e. The number of ketones is 2. The van der Waals surface area contributed by atoms with Gasteiger partial charge >= 0.3 is 0 Å². The molecule has 2 rings (SSSR count). The highest BCUT2D eigenvalue weighted by atomic mass is 35.5. The first-order valence-electron chi connectivity index (χ1n) is 8.62. The van der Waals surface area contributed by atoms with Gasteiger partial charge in [-0.15, -0.1) is 0 Å². The molecule has 0 spiro atoms. The van der Waals surface area contributed by atoms with Crippen LogP contribution in [0.4, 0.5) is 0 Å². The van der Waals surface area contributed by atoms with Gasteiger partial charge in [-0.3, -0.25) is 9.59 Å². The molecule has 0 atom stereocenters. The maximum atomic E-state index is 13.2. The molecule has 5 heteroatoms. The summed E-state index contributed by atoms with van der Waals surface area (Å²) >= 11 is 11.9. The summed E-state index contributed by atoms with van der Waals surface area (Å²) in [5.74, 6) is -0.380. The fourth-order valence-corrected chi connectivity index (χ4v) is 3.19. The standard InChI is InChI=1S/C22H23Cl2NO2/c1-16(26)22(21(27)12-13-25(2)3,14-17-4-8-19(23)9-5-17)15-18-6-10-20(24)11-7-18/h4-13H,14-15H2,1-3H3. The quantitative estimate of drug-likeness (QED) is 0.459. The van der Waals surface area contributed by atoms with Gasteiger partial charge in [-0.1, -0.05) is 47.5 Å². The molecular weight excluding hydrogens is 381 g/mol. The van der Waals surface area contributed by atoms with Gasteiger partial charge in [0.25, 0.3) is 0 Å². The summed E-state index contributed by atoms with van der Waals surface area (Å²) in [7, 11) is 3.66. The van der Waals surface area contributed by atoms with Crippen molar-refractivity contribution < 1.29 is 9.59 Å². The minimum Gasteiger partial charge on any atom is -0.383 e. The number of halogens is 2. The summed E-state index contributed by atoms with van der Waals surface area (Å²) in [5, 5.41) is 1.23. The third-order valence-corrected chi connectivity index (χ3v) is 5.01. The molecule has 0 saturated carbocycles. The van der Waals surface area contributed by atoms with E-state index in [0.29, 0.717) is 22.9 Å². The van der Waals surface area contributed by atoms with Gasteiger partial charge in [-0.25, -0.2) is 0 Å². The molecule has 0 amide bonds. The predicted octanol–water partition coefficient (Wildman–Crippen LogP) is 5.00. The number of carbonyl (C=O) groups excluding carboxylic acids is 2. The second-order valence-corrected chi connectivity index (χ2v) is 7.76. The van der Waals surface area contributed by atoms with Crippen molar-refractivity contribution in [2.75, 3.05) is 14.1 Å². The van der Waals surface area contributed by atoms with Crippen LogP contribution in [0.15, 0.2) is 60.8 Å². The molecule has 27 heavy (non-hydrogen) atoms. The van der Waals surface area contributed by atoms with Crippen molar-refractivity contribution in [2.24, 2.45) is 5.41 Å². The molecule has 2 aromatic carbocycles. The molecule has 0 aliphatic carbocycles. The van der Waals surface area contributed by atoms with Crippen molar-refractivity contribution >= 4 is 34.8 Å². The fraction of sp³-hybridized carbons (Fsp3) is 0.273. The topological polar surface area (TPSA) is 37.4 Å². The minimum atomic E-state index is -1.19. The van der Waals surface area contributed by atoms with Crippen LogP contribution in [0.1, 0.15) is 18.1 Å². The van der Waals surface area contributed by atoms with Crippen molar-refractivity contribution in [1.82, 2.24) is 4.90 Å². The SMILES string of the molecule is CC(=O)C(Cc1ccc(Cl)cc1)(Cc1ccc(Cl)cc1)C(=O)C=CN(C)C. The van der Waals surface area contributed by atoms with Crippen LogP contribution in [-0.4, -0.2) is 30.6 Å². The smallest absolute Gasteiger partial charge is 0.171 e. The summed E-state index contributed by atoms with van der Waals surface area (Å²) in [5.41, 5.74) is 0.582. The van der Waals surface area contributed by atoms with Crippen LogP contribution in [0.2, 0.25) is 10.0 Å². The molecule has 2 aromatic rings. The Labute approximate surface area is 170 Å². The van der Waals surface area contributed by atoms with Crippen LogP contribution in [0.25, 0.3) is 0 Å². The van der Waals surface area contributed by atoms with Crippen LogP contribution in [0.5, 0.6) is 0 Å². The van der Waals surface area contributed by atoms with E-state index in [1.54, 1.807) is 35.4 Å². The van der Waals surface area contributed by atoms with E-state index in [1.165, 1.54) is 13.0 Å². The monoisotopic (exact) mass is 403 g/mol. The molecular formula is C22H23Cl2NO2. The van der Waals surface area contributed by atoms with E-state index < -0.39 is 5.41 Å². The number of benzene rings is 2. The van der Waals surface area contributed by atoms with E-state index in [2.05, 4.69) is 0 Å². The second-order valence-electron chi connectivity index (χ2n) is 6.89.